The molecule has 0 aliphatic carbocycles. The lowest BCUT2D eigenvalue weighted by atomic mass is 10.2. The third-order valence-corrected chi connectivity index (χ3v) is 6.79. The van der Waals surface area contributed by atoms with Crippen LogP contribution in [0.15, 0.2) is 58.2 Å². The average molecular weight is 373 g/mol. The van der Waals surface area contributed by atoms with Gasteiger partial charge in [0, 0.05) is 40.8 Å². The van der Waals surface area contributed by atoms with Gasteiger partial charge in [-0.2, -0.15) is 0 Å². The van der Waals surface area contributed by atoms with Crippen molar-refractivity contribution in [3.63, 3.8) is 0 Å². The fraction of sp³-hybridized carbons (Fsp3) is 0.316. The van der Waals surface area contributed by atoms with E-state index < -0.39 is 0 Å². The van der Waals surface area contributed by atoms with Crippen LogP contribution >= 0.6 is 23.5 Å². The van der Waals surface area contributed by atoms with Gasteiger partial charge in [0.15, 0.2) is 0 Å². The predicted octanol–water partition coefficient (Wildman–Crippen LogP) is 4.56. The van der Waals surface area contributed by atoms with Gasteiger partial charge in [0.05, 0.1) is 17.3 Å². The van der Waals surface area contributed by atoms with Gasteiger partial charge in [-0.05, 0) is 24.6 Å². The van der Waals surface area contributed by atoms with Crippen LogP contribution in [0, 0.1) is 0 Å². The van der Waals surface area contributed by atoms with Crippen molar-refractivity contribution in [3.05, 3.63) is 54.6 Å². The number of furan rings is 1. The molecule has 3 aromatic rings. The Morgan fingerprint density at radius 2 is 2.20 bits per heavy atom. The summed E-state index contributed by atoms with van der Waals surface area (Å²) in [6.45, 7) is 1.61. The lowest BCUT2D eigenvalue weighted by Crippen LogP contribution is -2.34. The van der Waals surface area contributed by atoms with Gasteiger partial charge in [0.1, 0.15) is 5.76 Å². The molecule has 4 rings (SSSR count). The van der Waals surface area contributed by atoms with Gasteiger partial charge in [0.2, 0.25) is 5.91 Å². The van der Waals surface area contributed by atoms with Gasteiger partial charge >= 0.3 is 0 Å². The van der Waals surface area contributed by atoms with E-state index in [0.29, 0.717) is 11.0 Å². The Morgan fingerprint density at radius 1 is 1.28 bits per heavy atom. The number of rotatable bonds is 4. The zero-order valence-corrected chi connectivity index (χ0v) is 15.4. The van der Waals surface area contributed by atoms with Crippen LogP contribution in [-0.2, 0) is 4.79 Å². The van der Waals surface area contributed by atoms with Gasteiger partial charge in [-0.3, -0.25) is 4.79 Å². The minimum absolute atomic E-state index is 0.218. The van der Waals surface area contributed by atoms with E-state index in [2.05, 4.69) is 17.1 Å². The number of thioether (sulfide) groups is 2. The van der Waals surface area contributed by atoms with E-state index in [9.17, 15) is 4.79 Å². The maximum atomic E-state index is 12.6. The quantitative estimate of drug-likeness (QED) is 0.682. The highest BCUT2D eigenvalue weighted by Gasteiger charge is 2.23. The van der Waals surface area contributed by atoms with Crippen LogP contribution in [-0.4, -0.2) is 40.4 Å². The molecule has 0 saturated carbocycles. The first-order valence-corrected chi connectivity index (χ1v) is 10.5. The molecule has 25 heavy (non-hydrogen) atoms. The highest BCUT2D eigenvalue weighted by atomic mass is 32.2. The number of para-hydroxylation sites is 1. The molecule has 1 N–H and O–H groups in total. The number of hydrogen-bond acceptors (Lipinski definition) is 4. The van der Waals surface area contributed by atoms with Crippen molar-refractivity contribution < 1.29 is 9.21 Å². The fourth-order valence-corrected chi connectivity index (χ4v) is 5.23. The van der Waals surface area contributed by atoms with Gasteiger partial charge in [-0.1, -0.05) is 18.2 Å². The number of carbonyl (C=O) groups is 1. The summed E-state index contributed by atoms with van der Waals surface area (Å²) < 4.78 is 5.53. The molecule has 1 saturated heterocycles. The van der Waals surface area contributed by atoms with Gasteiger partial charge < -0.3 is 14.3 Å². The lowest BCUT2D eigenvalue weighted by molar-refractivity contribution is -0.128. The standard InChI is InChI=1S/C19H20N2O2S2/c22-19(13-25-18-12-20-15-5-2-1-4-14(15)18)21-8-7-17(24-11-9-21)16-6-3-10-23-16/h1-6,10,12,17,20H,7-9,11,13H2/t17-/m0/s1. The molecular weight excluding hydrogens is 352 g/mol. The van der Waals surface area contributed by atoms with Crippen molar-refractivity contribution >= 4 is 40.3 Å². The van der Waals surface area contributed by atoms with E-state index in [1.807, 2.05) is 47.1 Å². The number of aromatic nitrogens is 1. The van der Waals surface area contributed by atoms with Crippen LogP contribution in [0.3, 0.4) is 0 Å². The monoisotopic (exact) mass is 372 g/mol. The van der Waals surface area contributed by atoms with Crippen molar-refractivity contribution in [2.24, 2.45) is 0 Å². The van der Waals surface area contributed by atoms with Crippen LogP contribution in [0.5, 0.6) is 0 Å². The van der Waals surface area contributed by atoms with Crippen molar-refractivity contribution in [2.75, 3.05) is 24.6 Å². The van der Waals surface area contributed by atoms with E-state index in [1.54, 1.807) is 18.0 Å². The maximum absolute atomic E-state index is 12.6. The van der Waals surface area contributed by atoms with Crippen LogP contribution < -0.4 is 0 Å². The first-order valence-electron chi connectivity index (χ1n) is 8.43. The highest BCUT2D eigenvalue weighted by Crippen LogP contribution is 2.35. The molecule has 6 heteroatoms. The van der Waals surface area contributed by atoms with Crippen LogP contribution in [0.1, 0.15) is 17.4 Å². The minimum Gasteiger partial charge on any atom is -0.468 e. The second kappa shape index (κ2) is 7.62. The average Bonchev–Trinajstić information content (AvgIpc) is 3.25. The highest BCUT2D eigenvalue weighted by molar-refractivity contribution is 8.00. The molecular formula is C19H20N2O2S2. The summed E-state index contributed by atoms with van der Waals surface area (Å²) in [5, 5.41) is 1.54. The Bertz CT molecular complexity index is 844. The summed E-state index contributed by atoms with van der Waals surface area (Å²) in [5.74, 6) is 2.68. The number of carbonyl (C=O) groups excluding carboxylic acids is 1. The summed E-state index contributed by atoms with van der Waals surface area (Å²) in [5.41, 5.74) is 1.12. The second-order valence-electron chi connectivity index (χ2n) is 6.03. The largest absolute Gasteiger partial charge is 0.468 e. The van der Waals surface area contributed by atoms with Gasteiger partial charge in [-0.25, -0.2) is 0 Å². The molecule has 0 radical (unpaired) electrons. The number of fused-ring (bicyclic) bond motifs is 1. The van der Waals surface area contributed by atoms with E-state index in [1.165, 1.54) is 5.39 Å². The second-order valence-corrected chi connectivity index (χ2v) is 8.36. The first-order chi connectivity index (χ1) is 12.3. The SMILES string of the molecule is O=C(CSc1c[nH]c2ccccc12)N1CCS[C@H](c2ccco2)CC1. The first kappa shape index (κ1) is 16.7. The molecule has 2 aromatic heterocycles. The summed E-state index contributed by atoms with van der Waals surface area (Å²) in [6.07, 6.45) is 4.66. The fourth-order valence-electron chi connectivity index (χ4n) is 3.12. The van der Waals surface area contributed by atoms with Crippen LogP contribution in [0.25, 0.3) is 10.9 Å². The summed E-state index contributed by atoms with van der Waals surface area (Å²) in [4.78, 5) is 19.0. The number of nitrogens with one attached hydrogen (secondary N) is 1. The van der Waals surface area contributed by atoms with Crippen molar-refractivity contribution in [1.29, 1.82) is 0 Å². The van der Waals surface area contributed by atoms with Gasteiger partial charge in [-0.15, -0.1) is 23.5 Å². The molecule has 0 bridgehead atoms. The minimum atomic E-state index is 0.218. The number of nitrogens with zero attached hydrogens (tertiary/aromatic N) is 1. The molecule has 3 heterocycles. The Kier molecular flexibility index (Phi) is 5.08. The molecule has 4 nitrogen and oxygen atoms in total. The van der Waals surface area contributed by atoms with Crippen LogP contribution in [0.2, 0.25) is 0 Å². The Hall–Kier alpha value is -1.79. The van der Waals surface area contributed by atoms with Crippen molar-refractivity contribution in [3.8, 4) is 0 Å². The topological polar surface area (TPSA) is 49.2 Å². The molecule has 1 aromatic carbocycles. The molecule has 0 unspecified atom stereocenters. The molecule has 1 atom stereocenters. The summed E-state index contributed by atoms with van der Waals surface area (Å²) in [6, 6.07) is 12.2. The van der Waals surface area contributed by atoms with E-state index in [4.69, 9.17) is 4.42 Å². The van der Waals surface area contributed by atoms with Crippen molar-refractivity contribution in [1.82, 2.24) is 9.88 Å². The zero-order chi connectivity index (χ0) is 17.1. The molecule has 1 aliphatic heterocycles. The molecule has 1 amide bonds. The lowest BCUT2D eigenvalue weighted by Gasteiger charge is -2.19. The van der Waals surface area contributed by atoms with Gasteiger partial charge in [0.25, 0.3) is 0 Å². The Labute approximate surface area is 155 Å². The van der Waals surface area contributed by atoms with E-state index in [-0.39, 0.29) is 5.91 Å². The Balaban J connectivity index is 1.35. The smallest absolute Gasteiger partial charge is 0.232 e. The summed E-state index contributed by atoms with van der Waals surface area (Å²) >= 11 is 3.50. The third-order valence-electron chi connectivity index (χ3n) is 4.46. The number of amides is 1. The van der Waals surface area contributed by atoms with E-state index >= 15 is 0 Å². The predicted molar refractivity (Wildman–Crippen MR) is 104 cm³/mol. The third kappa shape index (κ3) is 3.75. The molecule has 1 aliphatic rings. The van der Waals surface area contributed by atoms with E-state index in [0.717, 1.165) is 41.4 Å². The summed E-state index contributed by atoms with van der Waals surface area (Å²) in [7, 11) is 0. The number of aromatic amines is 1. The number of H-pyrrole nitrogens is 1. The zero-order valence-electron chi connectivity index (χ0n) is 13.8. The molecule has 130 valence electrons. The number of benzene rings is 1. The number of hydrogen-bond donors (Lipinski definition) is 1. The maximum Gasteiger partial charge on any atom is 0.232 e. The Morgan fingerprint density at radius 3 is 3.08 bits per heavy atom. The van der Waals surface area contributed by atoms with Crippen LogP contribution in [0.4, 0.5) is 0 Å². The molecule has 1 fully saturated rings. The van der Waals surface area contributed by atoms with Crippen molar-refractivity contribution in [2.45, 2.75) is 16.6 Å². The normalized spacial score (nSPS) is 18.4. The molecule has 0 spiro atoms.